The lowest BCUT2D eigenvalue weighted by Gasteiger charge is -1.98. The highest BCUT2D eigenvalue weighted by Gasteiger charge is 1.92. The van der Waals surface area contributed by atoms with Crippen molar-refractivity contribution in [2.75, 3.05) is 5.73 Å². The second-order valence-corrected chi connectivity index (χ2v) is 2.70. The summed E-state index contributed by atoms with van der Waals surface area (Å²) in [6.07, 6.45) is 0.250. The molecule has 0 aliphatic carbocycles. The van der Waals surface area contributed by atoms with Gasteiger partial charge in [0.15, 0.2) is 0 Å². The van der Waals surface area contributed by atoms with E-state index in [1.54, 1.807) is 0 Å². The summed E-state index contributed by atoms with van der Waals surface area (Å²) in [7, 11) is 0. The molecule has 0 aliphatic heterocycles. The second-order valence-electron chi connectivity index (χ2n) is 2.70. The summed E-state index contributed by atoms with van der Waals surface area (Å²) in [5.41, 5.74) is 10.8. The van der Waals surface area contributed by atoms with Crippen molar-refractivity contribution in [2.24, 2.45) is 5.73 Å². The van der Waals surface area contributed by atoms with Crippen molar-refractivity contribution < 1.29 is 4.79 Å². The third kappa shape index (κ3) is 2.23. The Morgan fingerprint density at radius 3 is 2.21 bits per heavy atom. The van der Waals surface area contributed by atoms with Crippen LogP contribution in [0.15, 0.2) is 42.5 Å². The van der Waals surface area contributed by atoms with Crippen LogP contribution in [0.2, 0.25) is 0 Å². The van der Waals surface area contributed by atoms with Crippen LogP contribution in [0.1, 0.15) is 0 Å². The van der Waals surface area contributed by atoms with Gasteiger partial charge < -0.3 is 11.5 Å². The van der Waals surface area contributed by atoms with E-state index in [2.05, 4.69) is 17.9 Å². The first-order valence-corrected chi connectivity index (χ1v) is 4.18. The number of benzene rings is 2. The van der Waals surface area contributed by atoms with Crippen LogP contribution >= 0.6 is 0 Å². The van der Waals surface area contributed by atoms with E-state index < -0.39 is 0 Å². The lowest BCUT2D eigenvalue weighted by atomic mass is 10.1. The van der Waals surface area contributed by atoms with Gasteiger partial charge in [-0.25, -0.2) is 0 Å². The minimum Gasteiger partial charge on any atom is -0.398 e. The molecule has 14 heavy (non-hydrogen) atoms. The van der Waals surface area contributed by atoms with Gasteiger partial charge in [-0.15, -0.1) is 0 Å². The maximum atomic E-state index is 8.58. The maximum Gasteiger partial charge on any atom is 0.204 e. The van der Waals surface area contributed by atoms with E-state index in [0.717, 1.165) is 11.1 Å². The monoisotopic (exact) mass is 188 g/mol. The summed E-state index contributed by atoms with van der Waals surface area (Å²) >= 11 is 0. The molecular formula is C11H12N2O. The van der Waals surface area contributed by atoms with E-state index in [4.69, 9.17) is 10.5 Å². The lowest BCUT2D eigenvalue weighted by Crippen LogP contribution is -1.84. The van der Waals surface area contributed by atoms with Crippen LogP contribution in [0.3, 0.4) is 0 Å². The van der Waals surface area contributed by atoms with Crippen LogP contribution in [0.25, 0.3) is 10.8 Å². The van der Waals surface area contributed by atoms with Crippen molar-refractivity contribution in [1.29, 1.82) is 0 Å². The Balaban J connectivity index is 0.000000293. The zero-order valence-corrected chi connectivity index (χ0v) is 7.68. The van der Waals surface area contributed by atoms with Crippen molar-refractivity contribution in [3.63, 3.8) is 0 Å². The van der Waals surface area contributed by atoms with Gasteiger partial charge in [-0.2, -0.15) is 0 Å². The van der Waals surface area contributed by atoms with Gasteiger partial charge in [-0.1, -0.05) is 36.4 Å². The molecule has 2 aromatic carbocycles. The molecule has 0 atom stereocenters. The molecule has 3 nitrogen and oxygen atoms in total. The maximum absolute atomic E-state index is 8.58. The molecule has 0 fully saturated rings. The van der Waals surface area contributed by atoms with E-state index in [9.17, 15) is 0 Å². The number of hydrogen-bond donors (Lipinski definition) is 2. The molecule has 3 heteroatoms. The molecule has 0 spiro atoms. The van der Waals surface area contributed by atoms with E-state index in [0.29, 0.717) is 0 Å². The molecule has 2 rings (SSSR count). The number of carbonyl (C=O) groups excluding carboxylic acids is 1. The van der Waals surface area contributed by atoms with Crippen LogP contribution in [0.4, 0.5) is 5.69 Å². The Labute approximate surface area is 82.3 Å². The van der Waals surface area contributed by atoms with Crippen molar-refractivity contribution in [1.82, 2.24) is 0 Å². The number of primary amides is 1. The Morgan fingerprint density at radius 2 is 1.57 bits per heavy atom. The number of anilines is 1. The first-order valence-electron chi connectivity index (χ1n) is 4.18. The average molecular weight is 188 g/mol. The Kier molecular flexibility index (Phi) is 3.49. The molecule has 0 radical (unpaired) electrons. The van der Waals surface area contributed by atoms with Crippen molar-refractivity contribution in [3.05, 3.63) is 42.5 Å². The molecule has 0 bridgehead atoms. The Bertz CT molecular complexity index is 421. The molecule has 4 N–H and O–H groups in total. The number of nitrogens with two attached hydrogens (primary N) is 2. The van der Waals surface area contributed by atoms with Crippen molar-refractivity contribution in [2.45, 2.75) is 0 Å². The molecule has 1 amide bonds. The summed E-state index contributed by atoms with van der Waals surface area (Å²) < 4.78 is 0. The number of rotatable bonds is 0. The van der Waals surface area contributed by atoms with Crippen molar-refractivity contribution >= 4 is 22.9 Å². The summed E-state index contributed by atoms with van der Waals surface area (Å²) in [5, 5.41) is 2.34. The van der Waals surface area contributed by atoms with Crippen LogP contribution in [-0.4, -0.2) is 6.41 Å². The van der Waals surface area contributed by atoms with Gasteiger partial charge in [0.2, 0.25) is 6.41 Å². The average Bonchev–Trinajstić information content (AvgIpc) is 2.20. The Morgan fingerprint density at radius 1 is 1.00 bits per heavy atom. The highest BCUT2D eigenvalue weighted by atomic mass is 16.1. The zero-order chi connectivity index (χ0) is 10.4. The second kappa shape index (κ2) is 4.87. The summed E-state index contributed by atoms with van der Waals surface area (Å²) in [6.45, 7) is 0. The van der Waals surface area contributed by atoms with Crippen LogP contribution in [0, 0.1) is 0 Å². The summed E-state index contributed by atoms with van der Waals surface area (Å²) in [5.74, 6) is 0. The topological polar surface area (TPSA) is 69.1 Å². The van der Waals surface area contributed by atoms with E-state index in [1.165, 1.54) is 5.39 Å². The fourth-order valence-corrected chi connectivity index (χ4v) is 1.25. The van der Waals surface area contributed by atoms with Crippen molar-refractivity contribution in [3.8, 4) is 0 Å². The zero-order valence-electron chi connectivity index (χ0n) is 7.68. The van der Waals surface area contributed by atoms with Gasteiger partial charge in [0.25, 0.3) is 0 Å². The quantitative estimate of drug-likeness (QED) is 0.486. The Hall–Kier alpha value is -2.03. The smallest absolute Gasteiger partial charge is 0.204 e. The number of nitrogen functional groups attached to an aromatic ring is 1. The van der Waals surface area contributed by atoms with Gasteiger partial charge in [-0.05, 0) is 11.5 Å². The van der Waals surface area contributed by atoms with Gasteiger partial charge in [-0.3, -0.25) is 4.79 Å². The van der Waals surface area contributed by atoms with E-state index in [1.807, 2.05) is 30.3 Å². The third-order valence-electron chi connectivity index (χ3n) is 1.82. The van der Waals surface area contributed by atoms with Crippen LogP contribution in [-0.2, 0) is 4.79 Å². The number of hydrogen-bond acceptors (Lipinski definition) is 2. The minimum atomic E-state index is 0.250. The fourth-order valence-electron chi connectivity index (χ4n) is 1.25. The molecule has 0 aromatic heterocycles. The van der Waals surface area contributed by atoms with Gasteiger partial charge in [0.1, 0.15) is 0 Å². The fraction of sp³-hybridized carbons (Fsp3) is 0. The predicted molar refractivity (Wildman–Crippen MR) is 58.6 cm³/mol. The summed E-state index contributed by atoms with van der Waals surface area (Å²) in [4.78, 5) is 8.58. The number of carbonyl (C=O) groups is 1. The number of amides is 1. The van der Waals surface area contributed by atoms with E-state index in [-0.39, 0.29) is 6.41 Å². The highest BCUT2D eigenvalue weighted by Crippen LogP contribution is 2.19. The summed E-state index contributed by atoms with van der Waals surface area (Å²) in [6, 6.07) is 14.1. The van der Waals surface area contributed by atoms with Crippen LogP contribution in [0.5, 0.6) is 0 Å². The number of fused-ring (bicyclic) bond motifs is 1. The molecular weight excluding hydrogens is 176 g/mol. The first kappa shape index (κ1) is 10.1. The molecule has 0 unspecified atom stereocenters. The predicted octanol–water partition coefficient (Wildman–Crippen LogP) is 1.52. The third-order valence-corrected chi connectivity index (χ3v) is 1.82. The van der Waals surface area contributed by atoms with Crippen LogP contribution < -0.4 is 11.5 Å². The molecule has 0 heterocycles. The van der Waals surface area contributed by atoms with Gasteiger partial charge in [0, 0.05) is 11.1 Å². The first-order chi connectivity index (χ1) is 6.79. The molecule has 0 saturated heterocycles. The SMILES string of the molecule is NC=O.Nc1cccc2ccccc12. The molecule has 72 valence electrons. The molecule has 0 saturated carbocycles. The lowest BCUT2D eigenvalue weighted by molar-refractivity contribution is -0.106. The standard InChI is InChI=1S/C10H9N.CH3NO/c11-10-7-3-5-8-4-1-2-6-9(8)10;2-1-3/h1-7H,11H2;1H,(H2,2,3). The molecule has 2 aromatic rings. The minimum absolute atomic E-state index is 0.250. The van der Waals surface area contributed by atoms with E-state index >= 15 is 0 Å². The highest BCUT2D eigenvalue weighted by molar-refractivity contribution is 5.92. The van der Waals surface area contributed by atoms with Gasteiger partial charge >= 0.3 is 0 Å². The molecule has 0 aliphatic rings. The largest absolute Gasteiger partial charge is 0.398 e. The normalized spacial score (nSPS) is 8.86. The van der Waals surface area contributed by atoms with Gasteiger partial charge in [0.05, 0.1) is 0 Å².